The van der Waals surface area contributed by atoms with Crippen LogP contribution in [0.2, 0.25) is 0 Å². The van der Waals surface area contributed by atoms with Gasteiger partial charge in [0.2, 0.25) is 0 Å². The molecule has 0 radical (unpaired) electrons. The average molecular weight is 431 g/mol. The maximum absolute atomic E-state index is 11.4. The third-order valence-electron chi connectivity index (χ3n) is 5.44. The predicted molar refractivity (Wildman–Crippen MR) is 129 cm³/mol. The molecule has 33 heavy (non-hydrogen) atoms. The first kappa shape index (κ1) is 20.4. The fourth-order valence-corrected chi connectivity index (χ4v) is 3.80. The second-order valence-corrected chi connectivity index (χ2v) is 7.74. The Bertz CT molecular complexity index is 1410. The summed E-state index contributed by atoms with van der Waals surface area (Å²) in [7, 11) is 0. The molecule has 5 aromatic rings. The van der Waals surface area contributed by atoms with Crippen LogP contribution in [0.25, 0.3) is 33.9 Å². The molecule has 5 rings (SSSR count). The molecule has 0 aliphatic heterocycles. The van der Waals surface area contributed by atoms with Crippen LogP contribution >= 0.6 is 0 Å². The first-order valence-electron chi connectivity index (χ1n) is 10.7. The monoisotopic (exact) mass is 431 g/mol. The van der Waals surface area contributed by atoms with Gasteiger partial charge in [0.05, 0.1) is 12.1 Å². The summed E-state index contributed by atoms with van der Waals surface area (Å²) in [5.74, 6) is 0.482. The Kier molecular flexibility index (Phi) is 5.52. The van der Waals surface area contributed by atoms with Gasteiger partial charge in [-0.2, -0.15) is 5.10 Å². The zero-order valence-electron chi connectivity index (χ0n) is 17.8. The zero-order chi connectivity index (χ0) is 22.6. The quantitative estimate of drug-likeness (QED) is 0.357. The zero-order valence-corrected chi connectivity index (χ0v) is 17.8. The molecule has 0 saturated carbocycles. The van der Waals surface area contributed by atoms with Crippen LogP contribution < -0.4 is 0 Å². The van der Waals surface area contributed by atoms with Crippen molar-refractivity contribution >= 4 is 5.97 Å². The minimum atomic E-state index is -0.943. The number of nitrogens with zero attached hydrogens (tertiary/aromatic N) is 3. The molecule has 0 bridgehead atoms. The van der Waals surface area contributed by atoms with Gasteiger partial charge in [0, 0.05) is 11.1 Å². The van der Waals surface area contributed by atoms with Crippen LogP contribution in [0.1, 0.15) is 15.9 Å². The summed E-state index contributed by atoms with van der Waals surface area (Å²) in [5.41, 5.74) is 5.02. The smallest absolute Gasteiger partial charge is 0.335 e. The van der Waals surface area contributed by atoms with E-state index in [0.29, 0.717) is 12.4 Å². The van der Waals surface area contributed by atoms with Gasteiger partial charge in [-0.3, -0.25) is 0 Å². The highest BCUT2D eigenvalue weighted by Gasteiger charge is 2.15. The largest absolute Gasteiger partial charge is 0.478 e. The summed E-state index contributed by atoms with van der Waals surface area (Å²) < 4.78 is 1.93. The molecule has 0 atom stereocenters. The van der Waals surface area contributed by atoms with E-state index < -0.39 is 5.97 Å². The van der Waals surface area contributed by atoms with Crippen molar-refractivity contribution in [1.82, 2.24) is 14.8 Å². The molecule has 0 aliphatic carbocycles. The van der Waals surface area contributed by atoms with Gasteiger partial charge >= 0.3 is 5.97 Å². The van der Waals surface area contributed by atoms with Crippen LogP contribution in [-0.2, 0) is 6.54 Å². The van der Waals surface area contributed by atoms with Crippen molar-refractivity contribution in [2.75, 3.05) is 0 Å². The molecule has 0 saturated heterocycles. The fraction of sp³-hybridized carbons (Fsp3) is 0.0357. The number of rotatable bonds is 6. The highest BCUT2D eigenvalue weighted by atomic mass is 16.4. The van der Waals surface area contributed by atoms with E-state index in [0.717, 1.165) is 33.6 Å². The summed E-state index contributed by atoms with van der Waals surface area (Å²) in [4.78, 5) is 16.3. The number of aromatic nitrogens is 3. The summed E-state index contributed by atoms with van der Waals surface area (Å²) >= 11 is 0. The van der Waals surface area contributed by atoms with Crippen LogP contribution in [-0.4, -0.2) is 25.8 Å². The van der Waals surface area contributed by atoms with E-state index in [1.807, 2.05) is 83.5 Å². The van der Waals surface area contributed by atoms with Crippen molar-refractivity contribution in [3.8, 4) is 33.9 Å². The molecule has 0 fully saturated rings. The molecule has 160 valence electrons. The fourth-order valence-electron chi connectivity index (χ4n) is 3.80. The standard InChI is InChI=1S/C28H21N3O2/c32-28(33)25-16-8-14-23(18-25)22-13-7-15-24(17-22)26-29-27(21-11-5-2-6-12-21)31(30-26)19-20-9-3-1-4-10-20/h1-18H,19H2,(H,32,33). The summed E-state index contributed by atoms with van der Waals surface area (Å²) in [6.07, 6.45) is 0. The first-order chi connectivity index (χ1) is 16.2. The lowest BCUT2D eigenvalue weighted by Crippen LogP contribution is -2.04. The van der Waals surface area contributed by atoms with E-state index in [2.05, 4.69) is 12.1 Å². The van der Waals surface area contributed by atoms with Gasteiger partial charge in [-0.15, -0.1) is 0 Å². The van der Waals surface area contributed by atoms with Gasteiger partial charge < -0.3 is 5.11 Å². The second-order valence-electron chi connectivity index (χ2n) is 7.74. The van der Waals surface area contributed by atoms with Crippen molar-refractivity contribution in [3.63, 3.8) is 0 Å². The van der Waals surface area contributed by atoms with Gasteiger partial charge in [0.15, 0.2) is 11.6 Å². The molecule has 0 unspecified atom stereocenters. The van der Waals surface area contributed by atoms with Crippen LogP contribution in [0, 0.1) is 0 Å². The topological polar surface area (TPSA) is 68.0 Å². The highest BCUT2D eigenvalue weighted by Crippen LogP contribution is 2.28. The van der Waals surface area contributed by atoms with Crippen molar-refractivity contribution in [3.05, 3.63) is 120 Å². The lowest BCUT2D eigenvalue weighted by molar-refractivity contribution is 0.0697. The SMILES string of the molecule is O=C(O)c1cccc(-c2cccc(-c3nc(-c4ccccc4)n(Cc4ccccc4)n3)c2)c1. The predicted octanol–water partition coefficient (Wildman–Crippen LogP) is 6.03. The molecule has 0 amide bonds. The van der Waals surface area contributed by atoms with E-state index in [-0.39, 0.29) is 5.56 Å². The van der Waals surface area contributed by atoms with Crippen LogP contribution in [0.3, 0.4) is 0 Å². The van der Waals surface area contributed by atoms with Gasteiger partial charge in [-0.1, -0.05) is 91.0 Å². The number of hydrogen-bond acceptors (Lipinski definition) is 3. The molecule has 5 heteroatoms. The van der Waals surface area contributed by atoms with E-state index in [1.165, 1.54) is 0 Å². The lowest BCUT2D eigenvalue weighted by atomic mass is 10.0. The van der Waals surface area contributed by atoms with Crippen molar-refractivity contribution < 1.29 is 9.90 Å². The van der Waals surface area contributed by atoms with Crippen LogP contribution in [0.4, 0.5) is 0 Å². The number of carboxylic acid groups (broad SMARTS) is 1. The Labute approximate surface area is 191 Å². The Hall–Kier alpha value is -4.51. The average Bonchev–Trinajstić information content (AvgIpc) is 3.29. The third-order valence-corrected chi connectivity index (χ3v) is 5.44. The number of benzene rings is 4. The molecule has 5 nitrogen and oxygen atoms in total. The minimum absolute atomic E-state index is 0.259. The molecule has 4 aromatic carbocycles. The molecular formula is C28H21N3O2. The first-order valence-corrected chi connectivity index (χ1v) is 10.7. The van der Waals surface area contributed by atoms with Gasteiger partial charge in [-0.05, 0) is 34.9 Å². The number of hydrogen-bond donors (Lipinski definition) is 1. The maximum atomic E-state index is 11.4. The van der Waals surface area contributed by atoms with Crippen molar-refractivity contribution in [2.24, 2.45) is 0 Å². The summed E-state index contributed by atoms with van der Waals surface area (Å²) in [5, 5.41) is 14.2. The molecule has 1 aromatic heterocycles. The Morgan fingerprint density at radius 1 is 0.697 bits per heavy atom. The number of aromatic carboxylic acids is 1. The van der Waals surface area contributed by atoms with Gasteiger partial charge in [-0.25, -0.2) is 14.5 Å². The highest BCUT2D eigenvalue weighted by molar-refractivity contribution is 5.89. The number of carbonyl (C=O) groups is 1. The lowest BCUT2D eigenvalue weighted by Gasteiger charge is -2.06. The second kappa shape index (κ2) is 8.93. The van der Waals surface area contributed by atoms with E-state index >= 15 is 0 Å². The van der Waals surface area contributed by atoms with E-state index in [9.17, 15) is 9.90 Å². The van der Waals surface area contributed by atoms with Crippen molar-refractivity contribution in [2.45, 2.75) is 6.54 Å². The van der Waals surface area contributed by atoms with E-state index in [1.54, 1.807) is 18.2 Å². The molecule has 0 spiro atoms. The van der Waals surface area contributed by atoms with Gasteiger partial charge in [0.25, 0.3) is 0 Å². The molecule has 0 aliphatic rings. The Balaban J connectivity index is 1.56. The Morgan fingerprint density at radius 2 is 1.30 bits per heavy atom. The molecular weight excluding hydrogens is 410 g/mol. The maximum Gasteiger partial charge on any atom is 0.335 e. The Morgan fingerprint density at radius 3 is 2.03 bits per heavy atom. The van der Waals surface area contributed by atoms with Crippen LogP contribution in [0.15, 0.2) is 109 Å². The minimum Gasteiger partial charge on any atom is -0.478 e. The van der Waals surface area contributed by atoms with E-state index in [4.69, 9.17) is 10.1 Å². The molecule has 1 heterocycles. The molecule has 1 N–H and O–H groups in total. The summed E-state index contributed by atoms with van der Waals surface area (Å²) in [6, 6.07) is 35.0. The summed E-state index contributed by atoms with van der Waals surface area (Å²) in [6.45, 7) is 0.610. The van der Waals surface area contributed by atoms with Crippen LogP contribution in [0.5, 0.6) is 0 Å². The normalized spacial score (nSPS) is 10.8. The van der Waals surface area contributed by atoms with Crippen molar-refractivity contribution in [1.29, 1.82) is 0 Å². The number of carboxylic acids is 1. The third kappa shape index (κ3) is 4.43. The van der Waals surface area contributed by atoms with Gasteiger partial charge in [0.1, 0.15) is 0 Å².